The summed E-state index contributed by atoms with van der Waals surface area (Å²) in [5, 5.41) is 144. The SMILES string of the molecule is CCNC(=O)CCC(=O)CNC(=O)CN(CC(=O)O)C(=O)CCC(=O)CNC(=O)CN(CC(=O)O)C(=O)CCC(=O)CNC(=O)CN(CC(=O)O)C(=O)CCC(=O)CNC(=O)CN(CC(=O)O)C(=O)CCC(=O)CNC(=O)CN(CC(=O)O)C(=O)CCC(C)=O.CCNC(=O)CCCCC(=O)CCCCO[C@@H]1OC(CO)[C@H](O)[C@H](O[C@H]2OC(CO)[C@H](O)[C@H](O)C2O)C1O[C@H]1C[C@@H](O)[C@H](O)C(C)O1. The van der Waals surface area contributed by atoms with Crippen molar-refractivity contribution in [2.75, 3.05) is 131 Å². The Bertz CT molecular complexity index is 4120. The number of aliphatic hydroxyl groups excluding tert-OH is 8. The lowest BCUT2D eigenvalue weighted by Gasteiger charge is -2.48. The molecule has 0 aromatic carbocycles. The number of ether oxygens (including phenoxy) is 6. The lowest BCUT2D eigenvalue weighted by Crippen LogP contribution is -2.66. The van der Waals surface area contributed by atoms with Crippen molar-refractivity contribution in [1.29, 1.82) is 0 Å². The Morgan fingerprint density at radius 1 is 0.314 bits per heavy atom. The topological polar surface area (TPSA) is 828 Å². The van der Waals surface area contributed by atoms with Crippen molar-refractivity contribution in [3.05, 3.63) is 0 Å². The van der Waals surface area contributed by atoms with Crippen LogP contribution in [0.2, 0.25) is 0 Å². The van der Waals surface area contributed by atoms with E-state index in [-0.39, 0.29) is 56.2 Å². The fraction of sp³-hybridized carbons (Fsp3) is 0.707. The summed E-state index contributed by atoms with van der Waals surface area (Å²) in [5.74, 6) is -22.5. The van der Waals surface area contributed by atoms with Gasteiger partial charge < -0.3 is 161 Å². The molecule has 55 heteroatoms. The van der Waals surface area contributed by atoms with E-state index < -0.39 is 373 Å². The van der Waals surface area contributed by atoms with E-state index in [1.165, 1.54) is 13.8 Å². The highest BCUT2D eigenvalue weighted by Gasteiger charge is 2.53. The number of unbranched alkanes of at least 4 members (excludes halogenated alkanes) is 2. The molecule has 12 amide bonds. The summed E-state index contributed by atoms with van der Waals surface area (Å²) in [6.45, 7) is -7.36. The van der Waals surface area contributed by atoms with Crippen molar-refractivity contribution < 1.29 is 210 Å². The Hall–Kier alpha value is -11.9. The first kappa shape index (κ1) is 121. The van der Waals surface area contributed by atoms with Crippen LogP contribution in [0.5, 0.6) is 0 Å². The third-order valence-electron chi connectivity index (χ3n) is 20.2. The summed E-state index contributed by atoms with van der Waals surface area (Å²) in [6, 6.07) is 0. The third-order valence-corrected chi connectivity index (χ3v) is 20.2. The zero-order valence-corrected chi connectivity index (χ0v) is 76.2. The molecule has 55 nitrogen and oxygen atoms in total. The van der Waals surface area contributed by atoms with Crippen molar-refractivity contribution in [3.8, 4) is 0 Å². The quantitative estimate of drug-likeness (QED) is 0.0251. The van der Waals surface area contributed by atoms with E-state index >= 15 is 0 Å². The second-order valence-electron chi connectivity index (χ2n) is 31.7. The number of carboxylic acids is 5. The maximum Gasteiger partial charge on any atom is 0.323 e. The van der Waals surface area contributed by atoms with Gasteiger partial charge in [0, 0.05) is 122 Å². The second-order valence-corrected chi connectivity index (χ2v) is 31.7. The molecule has 137 heavy (non-hydrogen) atoms. The van der Waals surface area contributed by atoms with Gasteiger partial charge in [0.05, 0.1) is 58.1 Å². The summed E-state index contributed by atoms with van der Waals surface area (Å²) in [7, 11) is 0. The number of carbonyl (C=O) groups excluding carboxylic acids is 19. The Morgan fingerprint density at radius 3 is 0.956 bits per heavy atom. The molecule has 3 saturated heterocycles. The minimum atomic E-state index is -1.82. The van der Waals surface area contributed by atoms with Gasteiger partial charge in [0.15, 0.2) is 47.8 Å². The van der Waals surface area contributed by atoms with Crippen molar-refractivity contribution in [2.24, 2.45) is 0 Å². The summed E-state index contributed by atoms with van der Waals surface area (Å²) in [5.41, 5.74) is 0. The van der Waals surface area contributed by atoms with Crippen LogP contribution in [0, 0.1) is 0 Å². The predicted octanol–water partition coefficient (Wildman–Crippen LogP) is -10.7. The largest absolute Gasteiger partial charge is 0.480 e. The zero-order valence-electron chi connectivity index (χ0n) is 76.2. The maximum absolute atomic E-state index is 12.9. The van der Waals surface area contributed by atoms with Crippen LogP contribution < -0.4 is 37.2 Å². The number of ketones is 7. The number of rotatable bonds is 67. The van der Waals surface area contributed by atoms with E-state index in [1.54, 1.807) is 6.92 Å². The van der Waals surface area contributed by atoms with Crippen molar-refractivity contribution >= 4 is 141 Å². The molecule has 5 unspecified atom stereocenters. The standard InChI is InChI=1S/C52H73N11O27.C30H53NO16/c1-3-53-37(70)10-5-32(65)16-54-39(72)22-60(27-49(83)84)44(77)12-7-34(67)18-56-41(74)24-62(29-51(87)88)46(79)14-9-36(69)20-58-42(75)25-63(30-52(89)90)47(80)15-8-35(68)19-57-40(73)23-61(28-50(85)86)45(78)13-6-33(66)17-55-38(71)21-59(26-48(81)82)43(76)11-4-31(2)64;1-3-31-20(36)10-5-4-8-16(34)9-6-7-11-42-30-28(46-21-12-17(35)22(37)15(2)43-21)27(24(39)19(14-33)45-30)47-29-26(41)25(40)23(38)18(13-32)44-29/h3-30H2,1-2H3,(H,53,70)(H,54,72)(H,55,71)(H,56,74)(H,57,73)(H,58,75)(H,81,82)(H,83,84)(H,85,86)(H,87,88)(H,89,90);15,17-19,21-30,32-33,35,37-41H,3-14H2,1-2H3,(H,31,36)/t;15?,17-,18?,19?,21+,22-,23+,24+,25+,26?,27+,28?,29-,30-/m.1/s1. The van der Waals surface area contributed by atoms with Gasteiger partial charge in [-0.2, -0.15) is 0 Å². The molecular formula is C82H126N12O43. The van der Waals surface area contributed by atoms with Crippen molar-refractivity contribution in [1.82, 2.24) is 61.7 Å². The third kappa shape index (κ3) is 50.1. The molecule has 0 saturated carbocycles. The molecule has 3 aliphatic heterocycles. The van der Waals surface area contributed by atoms with E-state index in [0.717, 1.165) is 0 Å². The van der Waals surface area contributed by atoms with E-state index in [1.807, 2.05) is 6.92 Å². The highest BCUT2D eigenvalue weighted by atomic mass is 16.8. The molecule has 0 spiro atoms. The molecule has 3 heterocycles. The van der Waals surface area contributed by atoms with Gasteiger partial charge in [0.1, 0.15) is 132 Å². The van der Waals surface area contributed by atoms with Crippen LogP contribution in [-0.2, 0) is 143 Å². The number of hydrogen-bond acceptors (Lipinski definition) is 38. The fourth-order valence-corrected chi connectivity index (χ4v) is 12.9. The van der Waals surface area contributed by atoms with Gasteiger partial charge in [-0.1, -0.05) is 0 Å². The molecule has 772 valence electrons. The molecule has 0 aliphatic carbocycles. The first-order chi connectivity index (χ1) is 64.5. The van der Waals surface area contributed by atoms with Gasteiger partial charge in [-0.25, -0.2) is 0 Å². The maximum atomic E-state index is 12.9. The number of carbonyl (C=O) groups is 24. The molecular weight excluding hydrogens is 1840 g/mol. The molecule has 0 aromatic rings. The molecule has 3 aliphatic rings. The highest BCUT2D eigenvalue weighted by Crippen LogP contribution is 2.34. The molecule has 14 atom stereocenters. The molecule has 20 N–H and O–H groups in total. The minimum Gasteiger partial charge on any atom is -0.480 e. The average Bonchev–Trinajstić information content (AvgIpc) is 0.773. The summed E-state index contributed by atoms with van der Waals surface area (Å²) < 4.78 is 34.9. The van der Waals surface area contributed by atoms with Crippen molar-refractivity contribution in [2.45, 2.75) is 242 Å². The van der Waals surface area contributed by atoms with Crippen LogP contribution in [0.15, 0.2) is 0 Å². The summed E-state index contributed by atoms with van der Waals surface area (Å²) >= 11 is 0. The van der Waals surface area contributed by atoms with E-state index in [2.05, 4.69) is 37.2 Å². The highest BCUT2D eigenvalue weighted by molar-refractivity contribution is 5.98. The number of carboxylic acid groups (broad SMARTS) is 5. The van der Waals surface area contributed by atoms with E-state index in [0.29, 0.717) is 82.5 Å². The number of nitrogens with one attached hydrogen (secondary N) is 7. The molecule has 0 radical (unpaired) electrons. The molecule has 3 rings (SSSR count). The monoisotopic (exact) mass is 1970 g/mol. The Labute approximate surface area is 783 Å². The van der Waals surface area contributed by atoms with Gasteiger partial charge in [-0.15, -0.1) is 0 Å². The zero-order chi connectivity index (χ0) is 103. The van der Waals surface area contributed by atoms with Crippen LogP contribution in [-0.4, -0.2) is 449 Å². The fourth-order valence-electron chi connectivity index (χ4n) is 12.9. The number of nitrogens with zero attached hydrogens (tertiary/aromatic N) is 5. The lowest BCUT2D eigenvalue weighted by molar-refractivity contribution is -0.382. The summed E-state index contributed by atoms with van der Waals surface area (Å²) in [4.78, 5) is 295. The number of aliphatic hydroxyl groups is 8. The number of aliphatic carboxylic acids is 5. The van der Waals surface area contributed by atoms with Crippen LogP contribution >= 0.6 is 0 Å². The number of hydrogen-bond donors (Lipinski definition) is 20. The summed E-state index contributed by atoms with van der Waals surface area (Å²) in [6.07, 6.45) is -22.9. The Balaban J connectivity index is 0.00000112. The molecule has 0 aromatic heterocycles. The van der Waals surface area contributed by atoms with Gasteiger partial charge in [-0.3, -0.25) is 110 Å². The minimum absolute atomic E-state index is 0.0422. The first-order valence-electron chi connectivity index (χ1n) is 43.6. The van der Waals surface area contributed by atoms with Crippen LogP contribution in [0.3, 0.4) is 0 Å². The molecule has 0 bridgehead atoms. The van der Waals surface area contributed by atoms with Crippen molar-refractivity contribution in [3.63, 3.8) is 0 Å². The van der Waals surface area contributed by atoms with Crippen LogP contribution in [0.4, 0.5) is 0 Å². The molecule has 3 fully saturated rings. The van der Waals surface area contributed by atoms with Crippen LogP contribution in [0.1, 0.15) is 156 Å². The average molecular weight is 1970 g/mol. The normalized spacial score (nSPS) is 20.3. The first-order valence-corrected chi connectivity index (χ1v) is 43.6. The van der Waals surface area contributed by atoms with Crippen LogP contribution in [0.25, 0.3) is 0 Å². The smallest absolute Gasteiger partial charge is 0.323 e. The van der Waals surface area contributed by atoms with Gasteiger partial charge >= 0.3 is 29.8 Å². The van der Waals surface area contributed by atoms with E-state index in [4.69, 9.17) is 33.5 Å². The van der Waals surface area contributed by atoms with Gasteiger partial charge in [0.25, 0.3) is 0 Å². The number of amides is 12. The second kappa shape index (κ2) is 65.0. The lowest BCUT2D eigenvalue weighted by atomic mass is 9.96. The van der Waals surface area contributed by atoms with Gasteiger partial charge in [-0.05, 0) is 53.4 Å². The number of Topliss-reactive ketones (excluding diaryl/α,β-unsaturated/α-hetero) is 7. The Morgan fingerprint density at radius 2 is 0.628 bits per heavy atom. The van der Waals surface area contributed by atoms with E-state index in [9.17, 15) is 176 Å². The Kier molecular flexibility index (Phi) is 57.5. The predicted molar refractivity (Wildman–Crippen MR) is 454 cm³/mol. The van der Waals surface area contributed by atoms with Gasteiger partial charge in [0.2, 0.25) is 70.9 Å².